The lowest BCUT2D eigenvalue weighted by Crippen LogP contribution is -2.45. The summed E-state index contributed by atoms with van der Waals surface area (Å²) >= 11 is 1.34. The van der Waals surface area contributed by atoms with Crippen molar-refractivity contribution < 1.29 is 9.59 Å². The Labute approximate surface area is 202 Å². The van der Waals surface area contributed by atoms with Crippen LogP contribution in [0.4, 0.5) is 21.9 Å². The van der Waals surface area contributed by atoms with Gasteiger partial charge < -0.3 is 16.0 Å². The number of amides is 3. The van der Waals surface area contributed by atoms with Crippen molar-refractivity contribution in [2.24, 2.45) is 0 Å². The summed E-state index contributed by atoms with van der Waals surface area (Å²) in [5.41, 5.74) is 3.50. The van der Waals surface area contributed by atoms with Gasteiger partial charge in [0.25, 0.3) is 5.91 Å². The Morgan fingerprint density at radius 1 is 1.12 bits per heavy atom. The molecular weight excluding hydrogens is 446 g/mol. The standard InChI is InChI=1S/C26H29N5O2S/c32-24(29-18-9-5-12-27-15-18)23-22-21-20(11-13-28-25(21)34-23)31(26(33)30-22)19-10-4-8-17(14-19)16-6-2-1-3-7-16/h4,8,10-11,13-14,16,18,27H,1-3,5-7,9,12,15H2,(H,29,32)(H,30,33)/t18-/m1/s1. The summed E-state index contributed by atoms with van der Waals surface area (Å²) in [6.45, 7) is 1.76. The Morgan fingerprint density at radius 3 is 2.82 bits per heavy atom. The molecule has 1 atom stereocenters. The molecule has 1 saturated carbocycles. The van der Waals surface area contributed by atoms with Gasteiger partial charge in [-0.1, -0.05) is 31.4 Å². The van der Waals surface area contributed by atoms with Crippen LogP contribution in [0.1, 0.15) is 66.1 Å². The van der Waals surface area contributed by atoms with Crippen molar-refractivity contribution in [3.8, 4) is 0 Å². The van der Waals surface area contributed by atoms with Gasteiger partial charge >= 0.3 is 6.03 Å². The third kappa shape index (κ3) is 3.84. The Morgan fingerprint density at radius 2 is 2.00 bits per heavy atom. The van der Waals surface area contributed by atoms with E-state index in [1.165, 1.54) is 49.0 Å². The molecule has 1 aromatic carbocycles. The monoisotopic (exact) mass is 475 g/mol. The molecule has 8 heteroatoms. The lowest BCUT2D eigenvalue weighted by Gasteiger charge is -2.30. The van der Waals surface area contributed by atoms with Crippen molar-refractivity contribution in [3.05, 3.63) is 47.0 Å². The number of carbonyl (C=O) groups is 2. The number of aromatic nitrogens is 1. The number of piperidine rings is 1. The molecule has 0 bridgehead atoms. The second kappa shape index (κ2) is 9.00. The minimum Gasteiger partial charge on any atom is -0.347 e. The summed E-state index contributed by atoms with van der Waals surface area (Å²) < 4.78 is 0. The molecule has 3 amide bonds. The highest BCUT2D eigenvalue weighted by Crippen LogP contribution is 2.46. The summed E-state index contributed by atoms with van der Waals surface area (Å²) in [4.78, 5) is 34.1. The molecule has 1 aliphatic carbocycles. The number of carbonyl (C=O) groups excluding carboxylic acids is 2. The maximum atomic E-state index is 13.4. The normalized spacial score (nSPS) is 20.9. The zero-order chi connectivity index (χ0) is 23.1. The highest BCUT2D eigenvalue weighted by molar-refractivity contribution is 7.21. The number of rotatable bonds is 4. The van der Waals surface area contributed by atoms with Crippen LogP contribution in [0.25, 0.3) is 10.2 Å². The van der Waals surface area contributed by atoms with Crippen molar-refractivity contribution in [3.63, 3.8) is 0 Å². The number of thiophene rings is 1. The van der Waals surface area contributed by atoms with Crippen LogP contribution >= 0.6 is 11.3 Å². The van der Waals surface area contributed by atoms with Crippen molar-refractivity contribution in [1.29, 1.82) is 0 Å². The molecule has 3 aromatic rings. The lowest BCUT2D eigenvalue weighted by molar-refractivity contribution is 0.0935. The second-order valence-corrected chi connectivity index (χ2v) is 10.5. The molecule has 3 aliphatic rings. The summed E-state index contributed by atoms with van der Waals surface area (Å²) in [5, 5.41) is 10.3. The molecule has 4 heterocycles. The average molecular weight is 476 g/mol. The van der Waals surface area contributed by atoms with Crippen LogP contribution in [0.5, 0.6) is 0 Å². The van der Waals surface area contributed by atoms with Gasteiger partial charge in [-0.25, -0.2) is 9.78 Å². The molecule has 6 rings (SSSR count). The highest BCUT2D eigenvalue weighted by Gasteiger charge is 2.33. The van der Waals surface area contributed by atoms with E-state index in [1.807, 2.05) is 18.2 Å². The topological polar surface area (TPSA) is 86.4 Å². The molecular formula is C26H29N5O2S. The molecule has 0 unspecified atom stereocenters. The van der Waals surface area contributed by atoms with Gasteiger partial charge in [-0.3, -0.25) is 9.69 Å². The SMILES string of the molecule is O=C(N[C@@H]1CCCNC1)c1sc2nccc3c2c1NC(=O)N3c1cccc(C2CCCCC2)c1. The fourth-order valence-corrected chi connectivity index (χ4v) is 6.60. The number of hydrogen-bond acceptors (Lipinski definition) is 5. The van der Waals surface area contributed by atoms with E-state index in [0.29, 0.717) is 16.5 Å². The van der Waals surface area contributed by atoms with Crippen LogP contribution in [-0.4, -0.2) is 36.1 Å². The van der Waals surface area contributed by atoms with E-state index in [2.05, 4.69) is 33.1 Å². The zero-order valence-corrected chi connectivity index (χ0v) is 19.9. The van der Waals surface area contributed by atoms with Gasteiger partial charge in [0, 0.05) is 18.8 Å². The van der Waals surface area contributed by atoms with Crippen LogP contribution < -0.4 is 20.9 Å². The number of nitrogens with zero attached hydrogens (tertiary/aromatic N) is 2. The van der Waals surface area contributed by atoms with Gasteiger partial charge in [0.1, 0.15) is 9.71 Å². The Bertz CT molecular complexity index is 1240. The Balaban J connectivity index is 1.36. The van der Waals surface area contributed by atoms with Crippen molar-refractivity contribution in [1.82, 2.24) is 15.6 Å². The molecule has 2 aromatic heterocycles. The summed E-state index contributed by atoms with van der Waals surface area (Å²) in [6.07, 6.45) is 9.99. The predicted molar refractivity (Wildman–Crippen MR) is 136 cm³/mol. The molecule has 2 aliphatic heterocycles. The van der Waals surface area contributed by atoms with E-state index in [0.717, 1.165) is 47.5 Å². The smallest absolute Gasteiger partial charge is 0.331 e. The third-order valence-corrected chi connectivity index (χ3v) is 8.39. The van der Waals surface area contributed by atoms with Gasteiger partial charge in [0.2, 0.25) is 0 Å². The van der Waals surface area contributed by atoms with E-state index in [1.54, 1.807) is 11.1 Å². The van der Waals surface area contributed by atoms with Gasteiger partial charge in [0.05, 0.1) is 22.4 Å². The number of benzene rings is 1. The summed E-state index contributed by atoms with van der Waals surface area (Å²) in [6, 6.07) is 10.1. The van der Waals surface area contributed by atoms with Crippen molar-refractivity contribution >= 4 is 50.6 Å². The van der Waals surface area contributed by atoms with E-state index >= 15 is 0 Å². The number of pyridine rings is 1. The van der Waals surface area contributed by atoms with Crippen molar-refractivity contribution in [2.75, 3.05) is 23.3 Å². The summed E-state index contributed by atoms with van der Waals surface area (Å²) in [5.74, 6) is 0.408. The van der Waals surface area contributed by atoms with Gasteiger partial charge in [-0.05, 0) is 61.9 Å². The van der Waals surface area contributed by atoms with Gasteiger partial charge in [-0.15, -0.1) is 11.3 Å². The predicted octanol–water partition coefficient (Wildman–Crippen LogP) is 5.51. The minimum atomic E-state index is -0.243. The van der Waals surface area contributed by atoms with Crippen LogP contribution in [0.2, 0.25) is 0 Å². The first kappa shape index (κ1) is 21.6. The fraction of sp³-hybridized carbons (Fsp3) is 0.423. The molecule has 34 heavy (non-hydrogen) atoms. The van der Waals surface area contributed by atoms with Crippen LogP contribution in [-0.2, 0) is 0 Å². The van der Waals surface area contributed by atoms with Crippen LogP contribution in [0, 0.1) is 0 Å². The summed E-state index contributed by atoms with van der Waals surface area (Å²) in [7, 11) is 0. The fourth-order valence-electron chi connectivity index (χ4n) is 5.58. The first-order valence-electron chi connectivity index (χ1n) is 12.3. The van der Waals surface area contributed by atoms with E-state index in [-0.39, 0.29) is 18.0 Å². The largest absolute Gasteiger partial charge is 0.347 e. The maximum Gasteiger partial charge on any atom is 0.331 e. The molecule has 2 fully saturated rings. The number of anilines is 3. The lowest BCUT2D eigenvalue weighted by atomic mass is 9.84. The van der Waals surface area contributed by atoms with Crippen LogP contribution in [0.3, 0.4) is 0 Å². The Hall–Kier alpha value is -2.97. The molecule has 0 spiro atoms. The van der Waals surface area contributed by atoms with Gasteiger partial charge in [-0.2, -0.15) is 0 Å². The van der Waals surface area contributed by atoms with E-state index < -0.39 is 0 Å². The highest BCUT2D eigenvalue weighted by atomic mass is 32.1. The minimum absolute atomic E-state index is 0.101. The molecule has 3 N–H and O–H groups in total. The number of hydrogen-bond donors (Lipinski definition) is 3. The average Bonchev–Trinajstić information content (AvgIpc) is 3.25. The Kier molecular flexibility index (Phi) is 5.71. The van der Waals surface area contributed by atoms with Crippen molar-refractivity contribution in [2.45, 2.75) is 56.9 Å². The van der Waals surface area contributed by atoms with Crippen LogP contribution in [0.15, 0.2) is 36.5 Å². The first-order valence-corrected chi connectivity index (χ1v) is 13.1. The first-order chi connectivity index (χ1) is 16.7. The van der Waals surface area contributed by atoms with E-state index in [9.17, 15) is 9.59 Å². The third-order valence-electron chi connectivity index (χ3n) is 7.29. The zero-order valence-electron chi connectivity index (χ0n) is 19.1. The van der Waals surface area contributed by atoms with Gasteiger partial charge in [0.15, 0.2) is 0 Å². The maximum absolute atomic E-state index is 13.4. The van der Waals surface area contributed by atoms with E-state index in [4.69, 9.17) is 0 Å². The molecule has 176 valence electrons. The quantitative estimate of drug-likeness (QED) is 0.464. The molecule has 0 radical (unpaired) electrons. The number of nitrogens with one attached hydrogen (secondary N) is 3. The molecule has 7 nitrogen and oxygen atoms in total. The molecule has 1 saturated heterocycles. The second-order valence-electron chi connectivity index (χ2n) is 9.53. The number of urea groups is 1.